The maximum absolute atomic E-state index is 12.8. The minimum absolute atomic E-state index is 0.132. The van der Waals surface area contributed by atoms with Crippen LogP contribution in [0.4, 0.5) is 5.13 Å². The molecule has 0 spiro atoms. The number of aryl methyl sites for hydroxylation is 2. The van der Waals surface area contributed by atoms with E-state index in [2.05, 4.69) is 15.3 Å². The Morgan fingerprint density at radius 3 is 2.86 bits per heavy atom. The number of nitrogens with zero attached hydrogens (tertiary/aromatic N) is 3. The summed E-state index contributed by atoms with van der Waals surface area (Å²) in [6, 6.07) is 5.31. The summed E-state index contributed by atoms with van der Waals surface area (Å²) < 4.78 is 6.77. The van der Waals surface area contributed by atoms with Crippen LogP contribution in [0.25, 0.3) is 11.1 Å². The van der Waals surface area contributed by atoms with Crippen LogP contribution < -0.4 is 10.9 Å². The van der Waals surface area contributed by atoms with Gasteiger partial charge in [0.2, 0.25) is 5.71 Å². The summed E-state index contributed by atoms with van der Waals surface area (Å²) in [5, 5.41) is 4.43. The summed E-state index contributed by atoms with van der Waals surface area (Å²) >= 11 is 13.5. The second-order valence-corrected chi connectivity index (χ2v) is 8.33. The topological polar surface area (TPSA) is 90.0 Å². The van der Waals surface area contributed by atoms with Crippen molar-refractivity contribution >= 4 is 56.7 Å². The van der Waals surface area contributed by atoms with Crippen molar-refractivity contribution in [2.24, 2.45) is 7.05 Å². The molecule has 1 N–H and O–H groups in total. The van der Waals surface area contributed by atoms with Crippen LogP contribution >= 0.6 is 34.5 Å². The summed E-state index contributed by atoms with van der Waals surface area (Å²) in [6.45, 7) is 1.62. The van der Waals surface area contributed by atoms with E-state index in [1.165, 1.54) is 22.2 Å². The molecule has 0 atom stereocenters. The predicted octanol–water partition coefficient (Wildman–Crippen LogP) is 4.44. The molecule has 0 aliphatic rings. The van der Waals surface area contributed by atoms with Crippen LogP contribution in [0.15, 0.2) is 39.9 Å². The molecule has 4 aromatic rings. The first-order valence-electron chi connectivity index (χ1n) is 8.48. The van der Waals surface area contributed by atoms with E-state index in [0.717, 1.165) is 10.4 Å². The molecule has 0 bridgehead atoms. The van der Waals surface area contributed by atoms with Gasteiger partial charge in [0.15, 0.2) is 5.13 Å². The Morgan fingerprint density at radius 1 is 1.31 bits per heavy atom. The van der Waals surface area contributed by atoms with Gasteiger partial charge in [-0.1, -0.05) is 29.3 Å². The van der Waals surface area contributed by atoms with Gasteiger partial charge in [-0.25, -0.2) is 9.97 Å². The first-order chi connectivity index (χ1) is 13.8. The van der Waals surface area contributed by atoms with Crippen molar-refractivity contribution in [2.45, 2.75) is 13.3 Å². The molecule has 10 heteroatoms. The van der Waals surface area contributed by atoms with Crippen molar-refractivity contribution in [3.05, 3.63) is 72.9 Å². The van der Waals surface area contributed by atoms with Gasteiger partial charge in [0.25, 0.3) is 11.5 Å². The second-order valence-electron chi connectivity index (χ2n) is 6.37. The number of halogens is 2. The lowest BCUT2D eigenvalue weighted by molar-refractivity contribution is 0.102. The largest absolute Gasteiger partial charge is 0.442 e. The van der Waals surface area contributed by atoms with Gasteiger partial charge in [-0.2, -0.15) is 0 Å². The van der Waals surface area contributed by atoms with E-state index in [1.54, 1.807) is 32.3 Å². The Labute approximate surface area is 178 Å². The molecular formula is C19H14Cl2N4O3S. The summed E-state index contributed by atoms with van der Waals surface area (Å²) in [7, 11) is 1.56. The maximum atomic E-state index is 12.8. The smallest absolute Gasteiger partial charge is 0.265 e. The van der Waals surface area contributed by atoms with E-state index >= 15 is 0 Å². The van der Waals surface area contributed by atoms with E-state index in [4.69, 9.17) is 27.6 Å². The summed E-state index contributed by atoms with van der Waals surface area (Å²) in [4.78, 5) is 34.5. The van der Waals surface area contributed by atoms with E-state index < -0.39 is 5.91 Å². The molecule has 0 fully saturated rings. The molecule has 0 radical (unpaired) electrons. The van der Waals surface area contributed by atoms with Gasteiger partial charge in [0.05, 0.1) is 5.56 Å². The fourth-order valence-corrected chi connectivity index (χ4v) is 4.23. The molecule has 1 amide bonds. The molecule has 0 unspecified atom stereocenters. The highest BCUT2D eigenvalue weighted by atomic mass is 35.5. The lowest BCUT2D eigenvalue weighted by Gasteiger charge is -2.03. The van der Waals surface area contributed by atoms with E-state index in [1.807, 2.05) is 6.07 Å². The van der Waals surface area contributed by atoms with Crippen LogP contribution in [0, 0.1) is 6.92 Å². The normalized spacial score (nSPS) is 11.2. The third kappa shape index (κ3) is 3.78. The minimum atomic E-state index is -0.475. The average Bonchev–Trinajstić information content (AvgIpc) is 3.24. The van der Waals surface area contributed by atoms with Gasteiger partial charge >= 0.3 is 0 Å². The third-order valence-corrected chi connectivity index (χ3v) is 5.83. The monoisotopic (exact) mass is 448 g/mol. The molecule has 0 saturated carbocycles. The second kappa shape index (κ2) is 7.62. The van der Waals surface area contributed by atoms with Gasteiger partial charge in [0, 0.05) is 34.6 Å². The zero-order valence-corrected chi connectivity index (χ0v) is 17.7. The number of carbonyl (C=O) groups excluding carboxylic acids is 1. The Hall–Kier alpha value is -2.68. The first kappa shape index (κ1) is 19.6. The van der Waals surface area contributed by atoms with E-state index in [-0.39, 0.29) is 22.2 Å². The lowest BCUT2D eigenvalue weighted by atomic mass is 10.1. The predicted molar refractivity (Wildman–Crippen MR) is 113 cm³/mol. The Bertz CT molecular complexity index is 1310. The van der Waals surface area contributed by atoms with Crippen molar-refractivity contribution in [2.75, 3.05) is 5.32 Å². The number of fused-ring (bicyclic) bond motifs is 1. The van der Waals surface area contributed by atoms with Gasteiger partial charge in [-0.15, -0.1) is 11.3 Å². The average molecular weight is 449 g/mol. The fraction of sp³-hybridized carbons (Fsp3) is 0.158. The van der Waals surface area contributed by atoms with Crippen molar-refractivity contribution in [3.8, 4) is 0 Å². The molecule has 0 aliphatic heterocycles. The molecule has 4 rings (SSSR count). The Morgan fingerprint density at radius 2 is 2.10 bits per heavy atom. The SMILES string of the molecule is Cc1oc2ncn(C)c(=O)c2c1C(=O)Nc1ncc(Cc2ccc(Cl)cc2Cl)s1. The number of nitrogens with one attached hydrogen (secondary N) is 1. The number of furan rings is 1. The molecular weight excluding hydrogens is 435 g/mol. The number of hydrogen-bond donors (Lipinski definition) is 1. The fourth-order valence-electron chi connectivity index (χ4n) is 2.92. The van der Waals surface area contributed by atoms with Gasteiger partial charge in [0.1, 0.15) is 17.5 Å². The number of thiazole rings is 1. The van der Waals surface area contributed by atoms with Crippen molar-refractivity contribution in [1.82, 2.24) is 14.5 Å². The quantitative estimate of drug-likeness (QED) is 0.498. The van der Waals surface area contributed by atoms with Crippen molar-refractivity contribution < 1.29 is 9.21 Å². The van der Waals surface area contributed by atoms with Gasteiger partial charge < -0.3 is 8.98 Å². The minimum Gasteiger partial charge on any atom is -0.442 e. The number of aromatic nitrogens is 3. The van der Waals surface area contributed by atoms with Crippen LogP contribution in [0.1, 0.15) is 26.6 Å². The number of carbonyl (C=O) groups is 1. The van der Waals surface area contributed by atoms with Crippen LogP contribution in [-0.2, 0) is 13.5 Å². The van der Waals surface area contributed by atoms with E-state index in [0.29, 0.717) is 27.4 Å². The van der Waals surface area contributed by atoms with Crippen LogP contribution in [0.2, 0.25) is 10.0 Å². The number of amides is 1. The molecule has 3 aromatic heterocycles. The van der Waals surface area contributed by atoms with Gasteiger partial charge in [-0.3, -0.25) is 14.9 Å². The maximum Gasteiger partial charge on any atom is 0.265 e. The molecule has 3 heterocycles. The first-order valence-corrected chi connectivity index (χ1v) is 10.1. The van der Waals surface area contributed by atoms with Gasteiger partial charge in [-0.05, 0) is 24.6 Å². The van der Waals surface area contributed by atoms with Crippen LogP contribution in [0.3, 0.4) is 0 Å². The number of anilines is 1. The Balaban J connectivity index is 1.59. The zero-order chi connectivity index (χ0) is 20.7. The van der Waals surface area contributed by atoms with Crippen molar-refractivity contribution in [1.29, 1.82) is 0 Å². The zero-order valence-electron chi connectivity index (χ0n) is 15.3. The molecule has 0 aliphatic carbocycles. The number of rotatable bonds is 4. The number of hydrogen-bond acceptors (Lipinski definition) is 6. The third-order valence-electron chi connectivity index (χ3n) is 4.33. The molecule has 7 nitrogen and oxygen atoms in total. The molecule has 1 aromatic carbocycles. The lowest BCUT2D eigenvalue weighted by Crippen LogP contribution is -2.20. The summed E-state index contributed by atoms with van der Waals surface area (Å²) in [5.74, 6) is -0.158. The molecule has 0 saturated heterocycles. The van der Waals surface area contributed by atoms with Crippen LogP contribution in [-0.4, -0.2) is 20.4 Å². The highest BCUT2D eigenvalue weighted by Crippen LogP contribution is 2.28. The molecule has 148 valence electrons. The van der Waals surface area contributed by atoms with Crippen LogP contribution in [0.5, 0.6) is 0 Å². The molecule has 29 heavy (non-hydrogen) atoms. The highest BCUT2D eigenvalue weighted by Gasteiger charge is 2.23. The highest BCUT2D eigenvalue weighted by molar-refractivity contribution is 7.15. The number of benzene rings is 1. The van der Waals surface area contributed by atoms with Crippen molar-refractivity contribution in [3.63, 3.8) is 0 Å². The van der Waals surface area contributed by atoms with E-state index in [9.17, 15) is 9.59 Å². The standard InChI is InChI=1S/C19H14Cl2N4O3S/c1-9-14(15-17(28-9)23-8-25(2)18(15)27)16(26)24-19-22-7-12(29-19)5-10-3-4-11(20)6-13(10)21/h3-4,6-8H,5H2,1-2H3,(H,22,24,26). The summed E-state index contributed by atoms with van der Waals surface area (Å²) in [6.07, 6.45) is 3.58. The summed E-state index contributed by atoms with van der Waals surface area (Å²) in [5.41, 5.74) is 0.845. The Kier molecular flexibility index (Phi) is 5.16.